The van der Waals surface area contributed by atoms with Crippen LogP contribution in [0.4, 0.5) is 11.4 Å². The van der Waals surface area contributed by atoms with Crippen LogP contribution in [-0.2, 0) is 9.84 Å². The van der Waals surface area contributed by atoms with Crippen LogP contribution in [0.2, 0.25) is 0 Å². The highest BCUT2D eigenvalue weighted by atomic mass is 32.2. The first-order valence-corrected chi connectivity index (χ1v) is 10.2. The van der Waals surface area contributed by atoms with Crippen LogP contribution in [0.5, 0.6) is 0 Å². The Morgan fingerprint density at radius 1 is 1.04 bits per heavy atom. The topological polar surface area (TPSA) is 49.4 Å². The maximum Gasteiger partial charge on any atom is 0.153 e. The molecule has 0 aliphatic carbocycles. The normalized spacial score (nSPS) is 18.1. The van der Waals surface area contributed by atoms with Gasteiger partial charge in [-0.3, -0.25) is 0 Å². The Labute approximate surface area is 144 Å². The maximum absolute atomic E-state index is 11.6. The summed E-state index contributed by atoms with van der Waals surface area (Å²) in [5, 5.41) is 3.49. The van der Waals surface area contributed by atoms with Crippen molar-refractivity contribution >= 4 is 21.2 Å². The quantitative estimate of drug-likeness (QED) is 0.905. The molecule has 0 saturated carbocycles. The van der Waals surface area contributed by atoms with Crippen molar-refractivity contribution in [2.45, 2.75) is 12.8 Å². The van der Waals surface area contributed by atoms with E-state index in [0.717, 1.165) is 17.9 Å². The van der Waals surface area contributed by atoms with Crippen LogP contribution in [0.3, 0.4) is 0 Å². The number of rotatable bonds is 5. The predicted octanol–water partition coefficient (Wildman–Crippen LogP) is 3.14. The summed E-state index contributed by atoms with van der Waals surface area (Å²) in [5.41, 5.74) is 3.48. The second-order valence-electron chi connectivity index (χ2n) is 6.38. The van der Waals surface area contributed by atoms with E-state index in [1.54, 1.807) is 0 Å². The zero-order chi connectivity index (χ0) is 17.0. The van der Waals surface area contributed by atoms with Crippen molar-refractivity contribution in [3.8, 4) is 0 Å². The summed E-state index contributed by atoms with van der Waals surface area (Å²) in [5.74, 6) is 0.917. The van der Waals surface area contributed by atoms with Crippen LogP contribution in [0.25, 0.3) is 0 Å². The third kappa shape index (κ3) is 4.29. The Balaban J connectivity index is 1.61. The summed E-state index contributed by atoms with van der Waals surface area (Å²) in [7, 11) is -2.84. The third-order valence-electron chi connectivity index (χ3n) is 4.54. The van der Waals surface area contributed by atoms with Crippen LogP contribution < -0.4 is 10.2 Å². The number of hydrogen-bond donors (Lipinski definition) is 1. The molecule has 1 N–H and O–H groups in total. The molecule has 0 spiro atoms. The lowest BCUT2D eigenvalue weighted by molar-refractivity contribution is 0.587. The van der Waals surface area contributed by atoms with E-state index in [2.05, 4.69) is 53.5 Å². The molecule has 1 fully saturated rings. The van der Waals surface area contributed by atoms with Gasteiger partial charge in [0.2, 0.25) is 0 Å². The predicted molar refractivity (Wildman–Crippen MR) is 101 cm³/mol. The monoisotopic (exact) mass is 344 g/mol. The molecule has 1 saturated heterocycles. The van der Waals surface area contributed by atoms with Crippen molar-refractivity contribution < 1.29 is 8.42 Å². The molecule has 1 aliphatic heterocycles. The molecular weight excluding hydrogens is 320 g/mol. The Kier molecular flexibility index (Phi) is 5.09. The lowest BCUT2D eigenvalue weighted by atomic mass is 10.0. The largest absolute Gasteiger partial charge is 0.384 e. The second-order valence-corrected chi connectivity index (χ2v) is 8.69. The van der Waals surface area contributed by atoms with Gasteiger partial charge in [-0.1, -0.05) is 43.3 Å². The van der Waals surface area contributed by atoms with Gasteiger partial charge >= 0.3 is 0 Å². The Morgan fingerprint density at radius 2 is 1.75 bits per heavy atom. The lowest BCUT2D eigenvalue weighted by Crippen LogP contribution is -2.40. The standard InChI is InChI=1S/C19H24N2O2S/c1-16(17-6-3-2-4-7-17)15-20-18-8-5-9-19(14-18)21-10-12-24(22,23)13-11-21/h2-9,14,16,20H,10-13,15H2,1H3/t16-/m0/s1. The van der Waals surface area contributed by atoms with Crippen LogP contribution in [-0.4, -0.2) is 39.6 Å². The minimum absolute atomic E-state index is 0.246. The van der Waals surface area contributed by atoms with Gasteiger partial charge in [-0.25, -0.2) is 8.42 Å². The van der Waals surface area contributed by atoms with E-state index in [1.165, 1.54) is 5.56 Å². The molecular formula is C19H24N2O2S. The molecule has 0 amide bonds. The first kappa shape index (κ1) is 16.8. The van der Waals surface area contributed by atoms with Crippen molar-refractivity contribution in [1.29, 1.82) is 0 Å². The molecule has 2 aromatic carbocycles. The molecule has 0 radical (unpaired) electrons. The number of anilines is 2. The molecule has 3 rings (SSSR count). The van der Waals surface area contributed by atoms with E-state index >= 15 is 0 Å². The van der Waals surface area contributed by atoms with Crippen LogP contribution in [0.1, 0.15) is 18.4 Å². The maximum atomic E-state index is 11.6. The van der Waals surface area contributed by atoms with Crippen molar-refractivity contribution in [3.05, 3.63) is 60.2 Å². The molecule has 4 nitrogen and oxygen atoms in total. The molecule has 1 heterocycles. The highest BCUT2D eigenvalue weighted by molar-refractivity contribution is 7.91. The minimum atomic E-state index is -2.84. The zero-order valence-corrected chi connectivity index (χ0v) is 14.8. The molecule has 24 heavy (non-hydrogen) atoms. The van der Waals surface area contributed by atoms with E-state index in [1.807, 2.05) is 18.2 Å². The number of nitrogens with one attached hydrogen (secondary N) is 1. The number of hydrogen-bond acceptors (Lipinski definition) is 4. The summed E-state index contributed by atoms with van der Waals surface area (Å²) in [4.78, 5) is 2.15. The summed E-state index contributed by atoms with van der Waals surface area (Å²) in [6.07, 6.45) is 0. The number of benzene rings is 2. The van der Waals surface area contributed by atoms with Gasteiger partial charge in [0.15, 0.2) is 9.84 Å². The molecule has 0 aromatic heterocycles. The average molecular weight is 344 g/mol. The van der Waals surface area contributed by atoms with Gasteiger partial charge < -0.3 is 10.2 Å². The van der Waals surface area contributed by atoms with Crippen molar-refractivity contribution in [2.24, 2.45) is 0 Å². The van der Waals surface area contributed by atoms with Gasteiger partial charge in [0.1, 0.15) is 0 Å². The van der Waals surface area contributed by atoms with Gasteiger partial charge in [-0.15, -0.1) is 0 Å². The fourth-order valence-corrected chi connectivity index (χ4v) is 4.15. The SMILES string of the molecule is C[C@@H](CNc1cccc(N2CCS(=O)(=O)CC2)c1)c1ccccc1. The average Bonchev–Trinajstić information content (AvgIpc) is 2.60. The van der Waals surface area contributed by atoms with Crippen molar-refractivity contribution in [3.63, 3.8) is 0 Å². The summed E-state index contributed by atoms with van der Waals surface area (Å²) in [6.45, 7) is 4.22. The van der Waals surface area contributed by atoms with Gasteiger partial charge in [0.05, 0.1) is 11.5 Å². The first-order valence-electron chi connectivity index (χ1n) is 8.38. The highest BCUT2D eigenvalue weighted by Gasteiger charge is 2.21. The van der Waals surface area contributed by atoms with E-state index in [4.69, 9.17) is 0 Å². The second kappa shape index (κ2) is 7.26. The summed E-state index contributed by atoms with van der Waals surface area (Å²) in [6, 6.07) is 18.7. The lowest BCUT2D eigenvalue weighted by Gasteiger charge is -2.29. The van der Waals surface area contributed by atoms with E-state index in [0.29, 0.717) is 19.0 Å². The Hall–Kier alpha value is -2.01. The van der Waals surface area contributed by atoms with Gasteiger partial charge in [-0.05, 0) is 29.7 Å². The Morgan fingerprint density at radius 3 is 2.46 bits per heavy atom. The molecule has 128 valence electrons. The molecule has 2 aromatic rings. The first-order chi connectivity index (χ1) is 11.5. The molecule has 0 unspecified atom stereocenters. The highest BCUT2D eigenvalue weighted by Crippen LogP contribution is 2.22. The molecule has 0 bridgehead atoms. The van der Waals surface area contributed by atoms with Gasteiger partial charge in [0, 0.05) is 31.0 Å². The number of sulfone groups is 1. The summed E-state index contributed by atoms with van der Waals surface area (Å²) >= 11 is 0. The van der Waals surface area contributed by atoms with Crippen molar-refractivity contribution in [2.75, 3.05) is 41.4 Å². The number of nitrogens with zero attached hydrogens (tertiary/aromatic N) is 1. The van der Waals surface area contributed by atoms with Gasteiger partial charge in [-0.2, -0.15) is 0 Å². The minimum Gasteiger partial charge on any atom is -0.384 e. The fourth-order valence-electron chi connectivity index (χ4n) is 2.95. The van der Waals surface area contributed by atoms with Crippen molar-refractivity contribution in [1.82, 2.24) is 0 Å². The third-order valence-corrected chi connectivity index (χ3v) is 6.15. The summed E-state index contributed by atoms with van der Waals surface area (Å²) < 4.78 is 23.1. The Bertz CT molecular complexity index is 761. The van der Waals surface area contributed by atoms with E-state index in [9.17, 15) is 8.42 Å². The molecule has 1 aliphatic rings. The smallest absolute Gasteiger partial charge is 0.153 e. The van der Waals surface area contributed by atoms with E-state index in [-0.39, 0.29) is 11.5 Å². The zero-order valence-electron chi connectivity index (χ0n) is 14.0. The van der Waals surface area contributed by atoms with Crippen LogP contribution in [0.15, 0.2) is 54.6 Å². The fraction of sp³-hybridized carbons (Fsp3) is 0.368. The van der Waals surface area contributed by atoms with Crippen LogP contribution in [0, 0.1) is 0 Å². The molecule has 5 heteroatoms. The van der Waals surface area contributed by atoms with Gasteiger partial charge in [0.25, 0.3) is 0 Å². The van der Waals surface area contributed by atoms with Crippen LogP contribution >= 0.6 is 0 Å². The molecule has 1 atom stereocenters. The van der Waals surface area contributed by atoms with E-state index < -0.39 is 9.84 Å².